The van der Waals surface area contributed by atoms with Gasteiger partial charge in [0.15, 0.2) is 11.6 Å². The molecule has 1 aromatic heterocycles. The highest BCUT2D eigenvalue weighted by Crippen LogP contribution is 2.41. The van der Waals surface area contributed by atoms with E-state index in [4.69, 9.17) is 22.1 Å². The number of pyridine rings is 1. The minimum Gasteiger partial charge on any atom is -0.489 e. The molecule has 8 heteroatoms. The maximum Gasteiger partial charge on any atom is 0.253 e. The number of thioether (sulfide) groups is 1. The number of rotatable bonds is 6. The predicted octanol–water partition coefficient (Wildman–Crippen LogP) is 5.95. The molecule has 6 rings (SSSR count). The number of piperidine rings is 1. The molecule has 1 atom stereocenters. The monoisotopic (exact) mass is 548 g/mol. The first-order valence-corrected chi connectivity index (χ1v) is 14.9. The van der Waals surface area contributed by atoms with Gasteiger partial charge in [0.1, 0.15) is 0 Å². The van der Waals surface area contributed by atoms with Gasteiger partial charge >= 0.3 is 0 Å². The molecule has 2 aromatic carbocycles. The first kappa shape index (κ1) is 25.5. The van der Waals surface area contributed by atoms with Gasteiger partial charge < -0.3 is 20.3 Å². The molecule has 2 saturated heterocycles. The van der Waals surface area contributed by atoms with E-state index in [2.05, 4.69) is 16.0 Å². The average Bonchev–Trinajstić information content (AvgIpc) is 3.63. The van der Waals surface area contributed by atoms with E-state index in [0.29, 0.717) is 24.2 Å². The van der Waals surface area contributed by atoms with Crippen molar-refractivity contribution in [3.8, 4) is 16.9 Å². The summed E-state index contributed by atoms with van der Waals surface area (Å²) < 4.78 is 6.16. The van der Waals surface area contributed by atoms with Gasteiger partial charge in [-0.05, 0) is 86.3 Å². The van der Waals surface area contributed by atoms with Gasteiger partial charge in [0.2, 0.25) is 0 Å². The molecule has 2 N–H and O–H groups in total. The minimum atomic E-state index is 0.116. The quantitative estimate of drug-likeness (QED) is 0.410. The van der Waals surface area contributed by atoms with Gasteiger partial charge in [0.05, 0.1) is 6.61 Å². The Morgan fingerprint density at radius 1 is 1.03 bits per heavy atom. The number of ether oxygens (including phenoxy) is 1. The summed E-state index contributed by atoms with van der Waals surface area (Å²) in [5, 5.41) is 0.743. The van der Waals surface area contributed by atoms with Crippen LogP contribution in [0.5, 0.6) is 5.75 Å². The second-order valence-electron chi connectivity index (χ2n) is 10.5. The van der Waals surface area contributed by atoms with E-state index < -0.39 is 0 Å². The molecule has 198 valence electrons. The molecule has 3 aliphatic rings. The van der Waals surface area contributed by atoms with Crippen LogP contribution in [0.25, 0.3) is 11.1 Å². The zero-order valence-electron chi connectivity index (χ0n) is 21.4. The number of fused-ring (bicyclic) bond motifs is 1. The summed E-state index contributed by atoms with van der Waals surface area (Å²) >= 11 is 8.04. The Morgan fingerprint density at radius 2 is 1.79 bits per heavy atom. The number of hydrogen-bond acceptors (Lipinski definition) is 6. The van der Waals surface area contributed by atoms with Crippen LogP contribution in [0.4, 0.5) is 5.82 Å². The Bertz CT molecular complexity index is 1300. The highest BCUT2D eigenvalue weighted by Gasteiger charge is 2.29. The number of nitrogens with zero attached hydrogens (tertiary/aromatic N) is 3. The summed E-state index contributed by atoms with van der Waals surface area (Å²) in [4.78, 5) is 23.4. The van der Waals surface area contributed by atoms with E-state index in [1.807, 2.05) is 59.1 Å². The molecule has 0 spiro atoms. The van der Waals surface area contributed by atoms with E-state index >= 15 is 0 Å². The molecular weight excluding hydrogens is 516 g/mol. The lowest BCUT2D eigenvalue weighted by molar-refractivity contribution is 0.0644. The fourth-order valence-electron chi connectivity index (χ4n) is 5.84. The number of amides is 1. The van der Waals surface area contributed by atoms with Crippen molar-refractivity contribution in [2.75, 3.05) is 44.3 Å². The van der Waals surface area contributed by atoms with Crippen molar-refractivity contribution in [3.05, 3.63) is 70.9 Å². The third-order valence-electron chi connectivity index (χ3n) is 8.05. The number of aromatic nitrogens is 1. The molecule has 2 fully saturated rings. The zero-order valence-corrected chi connectivity index (χ0v) is 23.0. The maximum absolute atomic E-state index is 13.1. The van der Waals surface area contributed by atoms with Crippen LogP contribution in [0.15, 0.2) is 59.6 Å². The number of hydrogen-bond donors (Lipinski definition) is 1. The van der Waals surface area contributed by atoms with Crippen molar-refractivity contribution in [3.63, 3.8) is 0 Å². The third kappa shape index (κ3) is 5.37. The largest absolute Gasteiger partial charge is 0.489 e. The fraction of sp³-hybridized carbons (Fsp3) is 0.400. The Hall–Kier alpha value is -2.74. The molecule has 3 aromatic rings. The topological polar surface area (TPSA) is 71.7 Å². The van der Waals surface area contributed by atoms with E-state index in [1.165, 1.54) is 36.4 Å². The smallest absolute Gasteiger partial charge is 0.253 e. The van der Waals surface area contributed by atoms with Crippen molar-refractivity contribution >= 4 is 35.1 Å². The summed E-state index contributed by atoms with van der Waals surface area (Å²) in [5.41, 5.74) is 9.98. The highest BCUT2D eigenvalue weighted by atomic mass is 35.5. The predicted molar refractivity (Wildman–Crippen MR) is 154 cm³/mol. The number of anilines is 1. The lowest BCUT2D eigenvalue weighted by Gasteiger charge is -2.36. The lowest BCUT2D eigenvalue weighted by Crippen LogP contribution is -2.45. The first-order chi connectivity index (χ1) is 18.5. The second-order valence-corrected chi connectivity index (χ2v) is 12.0. The Morgan fingerprint density at radius 3 is 2.55 bits per heavy atom. The minimum absolute atomic E-state index is 0.116. The Labute approximate surface area is 233 Å². The highest BCUT2D eigenvalue weighted by molar-refractivity contribution is 7.99. The third-order valence-corrected chi connectivity index (χ3v) is 9.53. The second kappa shape index (κ2) is 11.2. The average molecular weight is 549 g/mol. The molecular formula is C30H33ClN4O2S. The number of benzene rings is 2. The molecule has 1 unspecified atom stereocenters. The maximum atomic E-state index is 13.1. The van der Waals surface area contributed by atoms with E-state index in [1.54, 1.807) is 6.20 Å². The van der Waals surface area contributed by atoms with Gasteiger partial charge in [-0.3, -0.25) is 4.79 Å². The van der Waals surface area contributed by atoms with Crippen LogP contribution >= 0.6 is 23.4 Å². The molecule has 4 heterocycles. The van der Waals surface area contributed by atoms with Crippen molar-refractivity contribution in [1.82, 2.24) is 14.8 Å². The molecule has 0 aliphatic carbocycles. The van der Waals surface area contributed by atoms with E-state index in [0.717, 1.165) is 53.4 Å². The van der Waals surface area contributed by atoms with Gasteiger partial charge in [-0.1, -0.05) is 23.7 Å². The number of nitrogen functional groups attached to an aromatic ring is 1. The number of likely N-dealkylation sites (tertiary alicyclic amines) is 2. The van der Waals surface area contributed by atoms with Crippen LogP contribution in [0.3, 0.4) is 0 Å². The summed E-state index contributed by atoms with van der Waals surface area (Å²) in [5.74, 6) is 2.26. The van der Waals surface area contributed by atoms with Crippen LogP contribution in [-0.2, 0) is 0 Å². The molecule has 0 saturated carbocycles. The lowest BCUT2D eigenvalue weighted by atomic mass is 10.0. The van der Waals surface area contributed by atoms with Crippen LogP contribution in [0.1, 0.15) is 47.5 Å². The standard InChI is InChI=1S/C30H33ClN4O2S/c31-24-7-8-28-26(16-24)23(19-38-28)18-37-27-15-22(17-33-29(27)32)20-3-5-21(6-4-20)30(36)35-13-9-25(10-14-35)34-11-1-2-12-34/h3-8,15-17,23,25H,1-2,9-14,18-19H2,(H2,32,33). The van der Waals surface area contributed by atoms with Gasteiger partial charge in [0, 0.05) is 58.0 Å². The van der Waals surface area contributed by atoms with Gasteiger partial charge in [-0.15, -0.1) is 11.8 Å². The fourth-order valence-corrected chi connectivity index (χ4v) is 7.23. The summed E-state index contributed by atoms with van der Waals surface area (Å²) in [6.45, 7) is 4.61. The molecule has 0 radical (unpaired) electrons. The molecule has 3 aliphatic heterocycles. The van der Waals surface area contributed by atoms with E-state index in [-0.39, 0.29) is 11.8 Å². The molecule has 6 nitrogen and oxygen atoms in total. The number of carbonyl (C=O) groups excluding carboxylic acids is 1. The van der Waals surface area contributed by atoms with Gasteiger partial charge in [-0.25, -0.2) is 4.98 Å². The zero-order chi connectivity index (χ0) is 26.1. The SMILES string of the molecule is Nc1ncc(-c2ccc(C(=O)N3CCC(N4CCCC4)CC3)cc2)cc1OCC1CSc2ccc(Cl)cc21. The molecule has 0 bridgehead atoms. The van der Waals surface area contributed by atoms with Crippen LogP contribution in [0, 0.1) is 0 Å². The van der Waals surface area contributed by atoms with Crippen LogP contribution in [0.2, 0.25) is 5.02 Å². The number of halogens is 1. The van der Waals surface area contributed by atoms with Crippen LogP contribution in [-0.4, -0.2) is 65.3 Å². The Balaban J connectivity index is 1.09. The normalized spacial score (nSPS) is 20.0. The van der Waals surface area contributed by atoms with Crippen molar-refractivity contribution in [2.24, 2.45) is 0 Å². The summed E-state index contributed by atoms with van der Waals surface area (Å²) in [6.07, 6.45) is 6.52. The molecule has 38 heavy (non-hydrogen) atoms. The molecule has 1 amide bonds. The Kier molecular flexibility index (Phi) is 7.50. The summed E-state index contributed by atoms with van der Waals surface area (Å²) in [7, 11) is 0. The van der Waals surface area contributed by atoms with Crippen molar-refractivity contribution in [2.45, 2.75) is 42.5 Å². The van der Waals surface area contributed by atoms with Crippen LogP contribution < -0.4 is 10.5 Å². The first-order valence-electron chi connectivity index (χ1n) is 13.5. The summed E-state index contributed by atoms with van der Waals surface area (Å²) in [6, 6.07) is 16.4. The van der Waals surface area contributed by atoms with Crippen molar-refractivity contribution in [1.29, 1.82) is 0 Å². The van der Waals surface area contributed by atoms with Gasteiger partial charge in [-0.2, -0.15) is 0 Å². The van der Waals surface area contributed by atoms with Gasteiger partial charge in [0.25, 0.3) is 5.91 Å². The number of carbonyl (C=O) groups is 1. The van der Waals surface area contributed by atoms with E-state index in [9.17, 15) is 4.79 Å². The number of nitrogens with two attached hydrogens (primary N) is 1. The van der Waals surface area contributed by atoms with Crippen molar-refractivity contribution < 1.29 is 9.53 Å².